The van der Waals surface area contributed by atoms with Gasteiger partial charge in [0.1, 0.15) is 5.82 Å². The van der Waals surface area contributed by atoms with Gasteiger partial charge in [0.2, 0.25) is 0 Å². The first kappa shape index (κ1) is 10.6. The molecule has 2 rings (SSSR count). The molecule has 0 spiro atoms. The topological polar surface area (TPSA) is 40.5 Å². The molecular weight excluding hydrogens is 195 g/mol. The molecule has 1 aromatic rings. The van der Waals surface area contributed by atoms with E-state index in [0.717, 1.165) is 5.56 Å². The minimum Gasteiger partial charge on any atom is -0.393 e. The molecule has 1 aliphatic carbocycles. The monoisotopic (exact) mass is 210 g/mol. The summed E-state index contributed by atoms with van der Waals surface area (Å²) in [6, 6.07) is 5.96. The zero-order valence-corrected chi connectivity index (χ0v) is 8.49. The Hall–Kier alpha value is -0.930. The van der Waals surface area contributed by atoms with Crippen LogP contribution in [0.3, 0.4) is 0 Å². The van der Waals surface area contributed by atoms with Gasteiger partial charge < -0.3 is 10.2 Å². The second-order valence-electron chi connectivity index (χ2n) is 4.27. The van der Waals surface area contributed by atoms with Gasteiger partial charge in [-0.1, -0.05) is 12.1 Å². The van der Waals surface area contributed by atoms with Gasteiger partial charge in [0, 0.05) is 0 Å². The van der Waals surface area contributed by atoms with E-state index in [4.69, 9.17) is 0 Å². The second kappa shape index (κ2) is 3.91. The highest BCUT2D eigenvalue weighted by atomic mass is 19.1. The number of hydrogen-bond acceptors (Lipinski definition) is 2. The lowest BCUT2D eigenvalue weighted by atomic mass is 9.79. The third-order valence-electron chi connectivity index (χ3n) is 3.16. The number of hydrogen-bond donors (Lipinski definition) is 2. The van der Waals surface area contributed by atoms with Gasteiger partial charge in [-0.3, -0.25) is 0 Å². The highest BCUT2D eigenvalue weighted by Crippen LogP contribution is 2.36. The highest BCUT2D eigenvalue weighted by molar-refractivity contribution is 5.23. The molecule has 0 aliphatic heterocycles. The zero-order valence-electron chi connectivity index (χ0n) is 8.49. The molecule has 0 unspecified atom stereocenters. The number of rotatable bonds is 1. The Morgan fingerprint density at radius 2 is 1.67 bits per heavy atom. The second-order valence-corrected chi connectivity index (χ2v) is 4.27. The highest BCUT2D eigenvalue weighted by Gasteiger charge is 2.33. The molecule has 2 nitrogen and oxygen atoms in total. The summed E-state index contributed by atoms with van der Waals surface area (Å²) < 4.78 is 12.7. The van der Waals surface area contributed by atoms with Crippen LogP contribution in [0.4, 0.5) is 4.39 Å². The Balaban J connectivity index is 2.18. The van der Waals surface area contributed by atoms with Gasteiger partial charge in [-0.15, -0.1) is 0 Å². The molecule has 2 N–H and O–H groups in total. The van der Waals surface area contributed by atoms with Gasteiger partial charge >= 0.3 is 0 Å². The molecule has 1 aliphatic rings. The van der Waals surface area contributed by atoms with Crippen molar-refractivity contribution in [3.63, 3.8) is 0 Å². The van der Waals surface area contributed by atoms with Crippen LogP contribution in [0.2, 0.25) is 0 Å². The average molecular weight is 210 g/mol. The predicted octanol–water partition coefficient (Wildman–Crippen LogP) is 1.95. The van der Waals surface area contributed by atoms with E-state index < -0.39 is 5.60 Å². The molecule has 3 heteroatoms. The van der Waals surface area contributed by atoms with Gasteiger partial charge in [0.25, 0.3) is 0 Å². The Morgan fingerprint density at radius 1 is 1.13 bits per heavy atom. The molecule has 1 aromatic carbocycles. The lowest BCUT2D eigenvalue weighted by Crippen LogP contribution is -2.33. The van der Waals surface area contributed by atoms with E-state index in [0.29, 0.717) is 25.7 Å². The largest absolute Gasteiger partial charge is 0.393 e. The molecule has 1 saturated carbocycles. The van der Waals surface area contributed by atoms with Crippen LogP contribution in [0.5, 0.6) is 0 Å². The third-order valence-corrected chi connectivity index (χ3v) is 3.16. The fourth-order valence-corrected chi connectivity index (χ4v) is 2.13. The van der Waals surface area contributed by atoms with Crippen molar-refractivity contribution in [2.75, 3.05) is 0 Å². The van der Waals surface area contributed by atoms with E-state index in [2.05, 4.69) is 0 Å². The van der Waals surface area contributed by atoms with Crippen molar-refractivity contribution < 1.29 is 14.6 Å². The summed E-state index contributed by atoms with van der Waals surface area (Å²) in [5.74, 6) is -0.293. The Morgan fingerprint density at radius 3 is 2.20 bits per heavy atom. The van der Waals surface area contributed by atoms with Gasteiger partial charge in [-0.25, -0.2) is 4.39 Å². The molecule has 15 heavy (non-hydrogen) atoms. The number of halogens is 1. The number of benzene rings is 1. The first-order valence-electron chi connectivity index (χ1n) is 5.27. The van der Waals surface area contributed by atoms with Gasteiger partial charge in [0.15, 0.2) is 0 Å². The predicted molar refractivity (Wildman–Crippen MR) is 54.8 cm³/mol. The summed E-state index contributed by atoms with van der Waals surface area (Å²) in [4.78, 5) is 0. The van der Waals surface area contributed by atoms with Crippen LogP contribution in [-0.4, -0.2) is 16.3 Å². The van der Waals surface area contributed by atoms with E-state index >= 15 is 0 Å². The first-order valence-corrected chi connectivity index (χ1v) is 5.27. The fraction of sp³-hybridized carbons (Fsp3) is 0.500. The molecule has 0 heterocycles. The van der Waals surface area contributed by atoms with E-state index in [1.54, 1.807) is 12.1 Å². The lowest BCUT2D eigenvalue weighted by molar-refractivity contribution is -0.0361. The van der Waals surface area contributed by atoms with Gasteiger partial charge in [0.05, 0.1) is 11.7 Å². The van der Waals surface area contributed by atoms with Crippen molar-refractivity contribution in [3.05, 3.63) is 35.6 Å². The van der Waals surface area contributed by atoms with Crippen LogP contribution >= 0.6 is 0 Å². The Labute approximate surface area is 88.4 Å². The lowest BCUT2D eigenvalue weighted by Gasteiger charge is -2.34. The Bertz CT molecular complexity index is 326. The van der Waals surface area contributed by atoms with Crippen molar-refractivity contribution in [2.45, 2.75) is 37.4 Å². The SMILES string of the molecule is O[C@H]1CC[C@](O)(c2ccc(F)cc2)CC1. The molecule has 0 aromatic heterocycles. The smallest absolute Gasteiger partial charge is 0.123 e. The Kier molecular flexibility index (Phi) is 2.76. The maximum atomic E-state index is 12.7. The third kappa shape index (κ3) is 2.19. The van der Waals surface area contributed by atoms with E-state index in [1.165, 1.54) is 12.1 Å². The van der Waals surface area contributed by atoms with Crippen molar-refractivity contribution in [3.8, 4) is 0 Å². The minimum absolute atomic E-state index is 0.293. The summed E-state index contributed by atoms with van der Waals surface area (Å²) in [5.41, 5.74) is -0.136. The summed E-state index contributed by atoms with van der Waals surface area (Å²) in [6.45, 7) is 0. The van der Waals surface area contributed by atoms with Crippen molar-refractivity contribution in [1.82, 2.24) is 0 Å². The van der Waals surface area contributed by atoms with Gasteiger partial charge in [-0.2, -0.15) is 0 Å². The van der Waals surface area contributed by atoms with Crippen LogP contribution in [0.1, 0.15) is 31.2 Å². The van der Waals surface area contributed by atoms with Crippen LogP contribution in [0, 0.1) is 5.82 Å². The minimum atomic E-state index is -0.882. The molecule has 82 valence electrons. The van der Waals surface area contributed by atoms with E-state index in [-0.39, 0.29) is 11.9 Å². The fourth-order valence-electron chi connectivity index (χ4n) is 2.13. The van der Waals surface area contributed by atoms with Crippen LogP contribution in [0.15, 0.2) is 24.3 Å². The quantitative estimate of drug-likeness (QED) is 0.743. The van der Waals surface area contributed by atoms with Crippen LogP contribution in [-0.2, 0) is 5.60 Å². The number of aliphatic hydroxyl groups excluding tert-OH is 1. The van der Waals surface area contributed by atoms with Crippen LogP contribution in [0.25, 0.3) is 0 Å². The maximum Gasteiger partial charge on any atom is 0.123 e. The molecule has 0 bridgehead atoms. The molecule has 0 saturated heterocycles. The molecule has 0 radical (unpaired) electrons. The summed E-state index contributed by atoms with van der Waals surface area (Å²) in [6.07, 6.45) is 1.99. The maximum absolute atomic E-state index is 12.7. The van der Waals surface area contributed by atoms with Gasteiger partial charge in [-0.05, 0) is 43.4 Å². The van der Waals surface area contributed by atoms with Crippen LogP contribution < -0.4 is 0 Å². The zero-order chi connectivity index (χ0) is 10.9. The van der Waals surface area contributed by atoms with E-state index in [9.17, 15) is 14.6 Å². The summed E-state index contributed by atoms with van der Waals surface area (Å²) in [5, 5.41) is 19.7. The first-order chi connectivity index (χ1) is 7.10. The molecule has 1 fully saturated rings. The summed E-state index contributed by atoms with van der Waals surface area (Å²) in [7, 11) is 0. The summed E-state index contributed by atoms with van der Waals surface area (Å²) >= 11 is 0. The van der Waals surface area contributed by atoms with Crippen molar-refractivity contribution >= 4 is 0 Å². The van der Waals surface area contributed by atoms with Crippen molar-refractivity contribution in [1.29, 1.82) is 0 Å². The number of aliphatic hydroxyl groups is 2. The molecule has 0 atom stereocenters. The van der Waals surface area contributed by atoms with E-state index in [1.807, 2.05) is 0 Å². The standard InChI is InChI=1S/C12H15FO2/c13-10-3-1-9(2-4-10)12(15)7-5-11(14)6-8-12/h1-4,11,14-15H,5-8H2/t11-,12+. The normalized spacial score (nSPS) is 31.5. The molecule has 0 amide bonds. The average Bonchev–Trinajstić information content (AvgIpc) is 2.24. The molecular formula is C12H15FO2. The van der Waals surface area contributed by atoms with Crippen molar-refractivity contribution in [2.24, 2.45) is 0 Å².